The van der Waals surface area contributed by atoms with Gasteiger partial charge >= 0.3 is 147 Å². The zero-order valence-electron chi connectivity index (χ0n) is 18.4. The second-order valence-electron chi connectivity index (χ2n) is 7.49. The van der Waals surface area contributed by atoms with Crippen molar-refractivity contribution in [3.05, 3.63) is 84.3 Å². The number of hydrogen-bond acceptors (Lipinski definition) is 4. The van der Waals surface area contributed by atoms with E-state index in [1.807, 2.05) is 20.4 Å². The molecule has 0 aliphatic carbocycles. The molecule has 0 fully saturated rings. The summed E-state index contributed by atoms with van der Waals surface area (Å²) in [6.07, 6.45) is 17.2. The van der Waals surface area contributed by atoms with E-state index in [2.05, 4.69) is 60.8 Å². The fourth-order valence-electron chi connectivity index (χ4n) is 3.34. The molecular weight excluding hydrogens is 596 g/mol. The Morgan fingerprint density at radius 3 is 2.84 bits per heavy atom. The summed E-state index contributed by atoms with van der Waals surface area (Å²) in [6.45, 7) is 12.1. The molecule has 0 unspecified atom stereocenters. The molecule has 2 rings (SSSR count). The monoisotopic (exact) mass is 628 g/mol. The standard InChI is InChI=1S/C25H32ClN4.Tl/c1-4-6-8-21(5-2)9-10-22-13-16-30(20(3)17-22)24-11-12-25(23(18-24)19-27)28-14-7-15-29-26;/h5,8,11-13,16-19,27-28H,2-4,6-7,9-10,14-15H2,1H3;/q-1;+1/b21-8+,27-19?;. The summed E-state index contributed by atoms with van der Waals surface area (Å²) in [5.74, 6) is 0. The quantitative estimate of drug-likeness (QED) is 0.0864. The summed E-state index contributed by atoms with van der Waals surface area (Å²) in [5.41, 5.74) is 6.34. The fraction of sp³-hybridized carbons (Fsp3) is 0.320. The maximum absolute atomic E-state index is 7.82. The van der Waals surface area contributed by atoms with Gasteiger partial charge in [-0.15, -0.1) is 0 Å². The minimum absolute atomic E-state index is 0.657. The zero-order chi connectivity index (χ0) is 22.6. The van der Waals surface area contributed by atoms with Crippen LogP contribution in [0.4, 0.5) is 11.4 Å². The van der Waals surface area contributed by atoms with E-state index in [1.165, 1.54) is 17.4 Å². The molecule has 0 saturated heterocycles. The number of hydrogen-bond donors (Lipinski definition) is 2. The van der Waals surface area contributed by atoms with E-state index in [0.717, 1.165) is 67.8 Å². The van der Waals surface area contributed by atoms with E-state index in [-0.39, 0.29) is 0 Å². The zero-order valence-corrected chi connectivity index (χ0v) is 23.7. The average molecular weight is 628 g/mol. The van der Waals surface area contributed by atoms with Gasteiger partial charge in [0, 0.05) is 0 Å². The first-order valence-electron chi connectivity index (χ1n) is 10.7. The molecule has 0 radical (unpaired) electrons. The Bertz CT molecular complexity index is 870. The van der Waals surface area contributed by atoms with Gasteiger partial charge in [-0.1, -0.05) is 37.6 Å². The summed E-state index contributed by atoms with van der Waals surface area (Å²) in [7, 11) is 0. The molecule has 4 nitrogen and oxygen atoms in total. The van der Waals surface area contributed by atoms with E-state index in [4.69, 9.17) is 17.2 Å². The third-order valence-corrected chi connectivity index (χ3v) is 6.26. The molecule has 162 valence electrons. The predicted molar refractivity (Wildman–Crippen MR) is 137 cm³/mol. The first-order chi connectivity index (χ1) is 15.0. The van der Waals surface area contributed by atoms with Crippen molar-refractivity contribution in [1.82, 2.24) is 2.23 Å². The van der Waals surface area contributed by atoms with Gasteiger partial charge < -0.3 is 0 Å². The third-order valence-electron chi connectivity index (χ3n) is 5.09. The molecule has 0 aromatic heterocycles. The number of allylic oxidation sites excluding steroid dienone is 6. The van der Waals surface area contributed by atoms with Crippen LogP contribution in [0.2, 0.25) is 0 Å². The summed E-state index contributed by atoms with van der Waals surface area (Å²) in [5, 5.41) is 11.2. The Morgan fingerprint density at radius 1 is 1.39 bits per heavy atom. The molecule has 0 atom stereocenters. The van der Waals surface area contributed by atoms with Crippen LogP contribution in [0.5, 0.6) is 0 Å². The summed E-state index contributed by atoms with van der Waals surface area (Å²) < 4.78 is 1.82. The van der Waals surface area contributed by atoms with Gasteiger partial charge in [-0.05, 0) is 24.8 Å². The number of halogens is 1. The van der Waals surface area contributed by atoms with E-state index in [9.17, 15) is 0 Å². The fourth-order valence-corrected chi connectivity index (χ4v) is 4.17. The third kappa shape index (κ3) is 8.43. The first-order valence-corrected chi connectivity index (χ1v) is 13.1. The maximum atomic E-state index is 7.82. The van der Waals surface area contributed by atoms with E-state index in [0.29, 0.717) is 26.1 Å². The molecule has 0 spiro atoms. The van der Waals surface area contributed by atoms with Crippen molar-refractivity contribution in [2.75, 3.05) is 23.3 Å². The number of rotatable bonds is 13. The van der Waals surface area contributed by atoms with Crippen LogP contribution < -0.4 is 10.2 Å². The van der Waals surface area contributed by atoms with Crippen molar-refractivity contribution in [3.63, 3.8) is 0 Å². The van der Waals surface area contributed by atoms with Gasteiger partial charge in [-0.3, -0.25) is 0 Å². The van der Waals surface area contributed by atoms with Crippen molar-refractivity contribution in [3.8, 4) is 0 Å². The van der Waals surface area contributed by atoms with Gasteiger partial charge in [0.15, 0.2) is 0 Å². The number of nitrogens with one attached hydrogen (secondary N) is 2. The summed E-state index contributed by atoms with van der Waals surface area (Å²) in [4.78, 5) is 2.07. The van der Waals surface area contributed by atoms with Crippen LogP contribution >= 0.6 is 11.8 Å². The van der Waals surface area contributed by atoms with Gasteiger partial charge in [-0.25, -0.2) is 0 Å². The molecule has 0 bridgehead atoms. The van der Waals surface area contributed by atoms with Crippen molar-refractivity contribution < 1.29 is 0 Å². The number of unbranched alkanes of at least 4 members (excludes halogenated alkanes) is 1. The van der Waals surface area contributed by atoms with Crippen molar-refractivity contribution >= 4 is 55.4 Å². The Hall–Kier alpha value is -1.64. The van der Waals surface area contributed by atoms with Crippen LogP contribution in [-0.2, 0) is 0 Å². The number of anilines is 2. The summed E-state index contributed by atoms with van der Waals surface area (Å²) >= 11 is 6.58. The van der Waals surface area contributed by atoms with Crippen LogP contribution in [0, 0.1) is 5.41 Å². The molecule has 1 aliphatic heterocycles. The molecule has 1 aliphatic rings. The van der Waals surface area contributed by atoms with E-state index in [1.54, 1.807) is 0 Å². The Morgan fingerprint density at radius 2 is 2.19 bits per heavy atom. The number of benzene rings is 1. The van der Waals surface area contributed by atoms with Crippen molar-refractivity contribution in [2.24, 2.45) is 0 Å². The van der Waals surface area contributed by atoms with E-state index < -0.39 is 0 Å². The van der Waals surface area contributed by atoms with Crippen LogP contribution in [0.25, 0.3) is 0 Å². The molecule has 1 heterocycles. The molecular formula is C25H32ClN4Tl. The van der Waals surface area contributed by atoms with Gasteiger partial charge in [0.2, 0.25) is 0 Å². The van der Waals surface area contributed by atoms with Crippen LogP contribution in [0.3, 0.4) is 0 Å². The van der Waals surface area contributed by atoms with Crippen LogP contribution in [-0.4, -0.2) is 47.6 Å². The Kier molecular flexibility index (Phi) is 11.3. The van der Waals surface area contributed by atoms with Crippen LogP contribution in [0.15, 0.2) is 78.7 Å². The average Bonchev–Trinajstić information content (AvgIpc) is 2.77. The Balaban J connectivity index is 2.01. The molecule has 1 aromatic carbocycles. The molecule has 2 N–H and O–H groups in total. The Labute approximate surface area is 208 Å². The molecule has 0 amide bonds. The topological polar surface area (TPSA) is 42.4 Å². The minimum atomic E-state index is 0.657. The number of nitrogens with zero attached hydrogens (tertiary/aromatic N) is 2. The normalized spacial score (nSPS) is 14.0. The first kappa shape index (κ1) is 25.6. The summed E-state index contributed by atoms with van der Waals surface area (Å²) in [6, 6.07) is 6.12. The van der Waals surface area contributed by atoms with Crippen molar-refractivity contribution in [2.45, 2.75) is 39.0 Å². The van der Waals surface area contributed by atoms with Gasteiger partial charge in [0.1, 0.15) is 0 Å². The molecule has 1 aromatic rings. The molecule has 0 saturated carbocycles. The van der Waals surface area contributed by atoms with Gasteiger partial charge in [-0.2, -0.15) is 0 Å². The second-order valence-corrected chi connectivity index (χ2v) is 11.6. The van der Waals surface area contributed by atoms with Gasteiger partial charge in [0.25, 0.3) is 0 Å². The van der Waals surface area contributed by atoms with Gasteiger partial charge in [0.05, 0.1) is 0 Å². The van der Waals surface area contributed by atoms with Crippen molar-refractivity contribution in [1.29, 1.82) is 5.41 Å². The molecule has 6 heteroatoms. The van der Waals surface area contributed by atoms with E-state index >= 15 is 0 Å². The second kappa shape index (κ2) is 13.7. The predicted octanol–water partition coefficient (Wildman–Crippen LogP) is 6.49. The SMILES string of the molecule is C=C/C(=C\CCC)CCC1=CC(=C)N(c2ccc(NCCC[N](Cl)[Tl])c(C=N)c2)C=C1. The van der Waals surface area contributed by atoms with Crippen LogP contribution in [0.1, 0.15) is 44.6 Å². The molecule has 31 heavy (non-hydrogen) atoms.